The van der Waals surface area contributed by atoms with Crippen LogP contribution in [-0.2, 0) is 0 Å². The minimum Gasteiger partial charge on any atom is -0.438 e. The Morgan fingerprint density at radius 2 is 1.70 bits per heavy atom. The number of benzene rings is 1. The molecule has 23 heavy (non-hydrogen) atoms. The summed E-state index contributed by atoms with van der Waals surface area (Å²) in [6, 6.07) is 6.12. The molecule has 0 radical (unpaired) electrons. The van der Waals surface area contributed by atoms with E-state index in [2.05, 4.69) is 29.2 Å². The summed E-state index contributed by atoms with van der Waals surface area (Å²) in [5, 5.41) is 12.6. The van der Waals surface area contributed by atoms with Crippen LogP contribution in [0, 0.1) is 34.6 Å². The molecule has 0 aliphatic rings. The van der Waals surface area contributed by atoms with Gasteiger partial charge in [0.2, 0.25) is 5.88 Å². The first-order valence-corrected chi connectivity index (χ1v) is 7.82. The van der Waals surface area contributed by atoms with Crippen LogP contribution in [0.1, 0.15) is 46.9 Å². The normalized spacial score (nSPS) is 11.7. The maximum absolute atomic E-state index is 9.22. The Bertz CT molecular complexity index is 741. The largest absolute Gasteiger partial charge is 0.438 e. The lowest BCUT2D eigenvalue weighted by molar-refractivity contribution is 0.318. The molecule has 0 saturated heterocycles. The average Bonchev–Trinajstić information content (AvgIpc) is 2.48. The molecule has 0 aliphatic heterocycles. The van der Waals surface area contributed by atoms with E-state index in [4.69, 9.17) is 4.74 Å². The Morgan fingerprint density at radius 3 is 2.22 bits per heavy atom. The molecule has 1 N–H and O–H groups in total. The Kier molecular flexibility index (Phi) is 5.04. The minimum absolute atomic E-state index is 0.560. The topological polar surface area (TPSA) is 54.7 Å². The highest BCUT2D eigenvalue weighted by Gasteiger charge is 2.15. The molecule has 1 aromatic carbocycles. The summed E-state index contributed by atoms with van der Waals surface area (Å²) in [5.74, 6) is 1.39. The van der Waals surface area contributed by atoms with Gasteiger partial charge in [0.15, 0.2) is 0 Å². The summed E-state index contributed by atoms with van der Waals surface area (Å²) in [6.45, 7) is 12.0. The second kappa shape index (κ2) is 6.82. The molecule has 1 heterocycles. The summed E-state index contributed by atoms with van der Waals surface area (Å²) >= 11 is 0. The molecule has 0 spiro atoms. The molecular weight excluding hydrogens is 288 g/mol. The van der Waals surface area contributed by atoms with Crippen LogP contribution in [-0.4, -0.2) is 15.9 Å². The fourth-order valence-corrected chi connectivity index (χ4v) is 2.85. The predicted molar refractivity (Wildman–Crippen MR) is 93.1 cm³/mol. The molecule has 4 heteroatoms. The Labute approximate surface area is 137 Å². The molecule has 2 rings (SSSR count). The van der Waals surface area contributed by atoms with Crippen molar-refractivity contribution < 1.29 is 9.94 Å². The SMILES string of the molecule is CC/C(=N\O)c1cc(C)nc(Oc2c(C)cc(C)cc2C)c1C. The Morgan fingerprint density at radius 1 is 1.09 bits per heavy atom. The lowest BCUT2D eigenvalue weighted by Gasteiger charge is -2.16. The molecule has 0 fully saturated rings. The van der Waals surface area contributed by atoms with Crippen LogP contribution in [0.4, 0.5) is 0 Å². The van der Waals surface area contributed by atoms with Gasteiger partial charge in [0.05, 0.1) is 5.71 Å². The van der Waals surface area contributed by atoms with E-state index in [-0.39, 0.29) is 0 Å². The number of hydrogen-bond donors (Lipinski definition) is 1. The molecule has 0 unspecified atom stereocenters. The molecule has 2 aromatic rings. The van der Waals surface area contributed by atoms with Crippen molar-refractivity contribution in [2.24, 2.45) is 5.16 Å². The van der Waals surface area contributed by atoms with Crippen LogP contribution < -0.4 is 4.74 Å². The van der Waals surface area contributed by atoms with Gasteiger partial charge in [-0.2, -0.15) is 0 Å². The highest BCUT2D eigenvalue weighted by molar-refractivity contribution is 6.01. The van der Waals surface area contributed by atoms with Crippen molar-refractivity contribution >= 4 is 5.71 Å². The van der Waals surface area contributed by atoms with E-state index in [0.29, 0.717) is 18.0 Å². The highest BCUT2D eigenvalue weighted by atomic mass is 16.5. The number of hydrogen-bond acceptors (Lipinski definition) is 4. The third kappa shape index (κ3) is 3.52. The molecule has 0 amide bonds. The smallest absolute Gasteiger partial charge is 0.223 e. The monoisotopic (exact) mass is 312 g/mol. The fraction of sp³-hybridized carbons (Fsp3) is 0.368. The van der Waals surface area contributed by atoms with E-state index >= 15 is 0 Å². The maximum Gasteiger partial charge on any atom is 0.223 e. The minimum atomic E-state index is 0.560. The second-order valence-corrected chi connectivity index (χ2v) is 5.97. The number of pyridine rings is 1. The van der Waals surface area contributed by atoms with Gasteiger partial charge < -0.3 is 9.94 Å². The third-order valence-electron chi connectivity index (χ3n) is 3.93. The first-order valence-electron chi connectivity index (χ1n) is 7.82. The van der Waals surface area contributed by atoms with Gasteiger partial charge in [-0.1, -0.05) is 29.8 Å². The van der Waals surface area contributed by atoms with Crippen LogP contribution in [0.25, 0.3) is 0 Å². The molecular formula is C19H24N2O2. The first-order chi connectivity index (χ1) is 10.9. The first kappa shape index (κ1) is 17.0. The van der Waals surface area contributed by atoms with Crippen LogP contribution in [0.3, 0.4) is 0 Å². The van der Waals surface area contributed by atoms with Gasteiger partial charge in [0, 0.05) is 16.8 Å². The van der Waals surface area contributed by atoms with Crippen molar-refractivity contribution in [1.29, 1.82) is 0 Å². The molecule has 0 saturated carbocycles. The van der Waals surface area contributed by atoms with E-state index in [1.807, 2.05) is 40.7 Å². The van der Waals surface area contributed by atoms with Crippen LogP contribution >= 0.6 is 0 Å². The maximum atomic E-state index is 9.22. The molecule has 0 atom stereocenters. The summed E-state index contributed by atoms with van der Waals surface area (Å²) in [5.41, 5.74) is 6.59. The van der Waals surface area contributed by atoms with Crippen LogP contribution in [0.15, 0.2) is 23.4 Å². The van der Waals surface area contributed by atoms with E-state index in [1.54, 1.807) is 0 Å². The quantitative estimate of drug-likeness (QED) is 0.491. The van der Waals surface area contributed by atoms with Gasteiger partial charge in [-0.3, -0.25) is 0 Å². The van der Waals surface area contributed by atoms with Crippen molar-refractivity contribution in [1.82, 2.24) is 4.98 Å². The summed E-state index contributed by atoms with van der Waals surface area (Å²) in [6.07, 6.45) is 0.642. The van der Waals surface area contributed by atoms with Gasteiger partial charge >= 0.3 is 0 Å². The summed E-state index contributed by atoms with van der Waals surface area (Å²) in [7, 11) is 0. The number of nitrogens with zero attached hydrogens (tertiary/aromatic N) is 2. The number of ether oxygens (including phenoxy) is 1. The van der Waals surface area contributed by atoms with E-state index in [1.165, 1.54) is 5.56 Å². The Balaban J connectivity index is 2.54. The second-order valence-electron chi connectivity index (χ2n) is 5.97. The molecule has 0 aliphatic carbocycles. The van der Waals surface area contributed by atoms with Crippen molar-refractivity contribution in [2.45, 2.75) is 48.0 Å². The number of aryl methyl sites for hydroxylation is 4. The number of oxime groups is 1. The van der Waals surface area contributed by atoms with Gasteiger partial charge in [-0.15, -0.1) is 0 Å². The predicted octanol–water partition coefficient (Wildman–Crippen LogP) is 5.00. The summed E-state index contributed by atoms with van der Waals surface area (Å²) in [4.78, 5) is 4.53. The number of aromatic nitrogens is 1. The van der Waals surface area contributed by atoms with Crippen molar-refractivity contribution in [3.05, 3.63) is 51.7 Å². The molecule has 4 nitrogen and oxygen atoms in total. The third-order valence-corrected chi connectivity index (χ3v) is 3.93. The van der Waals surface area contributed by atoms with Crippen molar-refractivity contribution in [2.75, 3.05) is 0 Å². The van der Waals surface area contributed by atoms with Crippen molar-refractivity contribution in [3.8, 4) is 11.6 Å². The summed E-state index contributed by atoms with van der Waals surface area (Å²) < 4.78 is 6.14. The molecule has 0 bridgehead atoms. The lowest BCUT2D eigenvalue weighted by atomic mass is 10.0. The fourth-order valence-electron chi connectivity index (χ4n) is 2.85. The number of rotatable bonds is 4. The molecule has 1 aromatic heterocycles. The van der Waals surface area contributed by atoms with Crippen molar-refractivity contribution in [3.63, 3.8) is 0 Å². The lowest BCUT2D eigenvalue weighted by Crippen LogP contribution is -2.06. The van der Waals surface area contributed by atoms with E-state index in [0.717, 1.165) is 33.7 Å². The zero-order valence-electron chi connectivity index (χ0n) is 14.7. The zero-order valence-corrected chi connectivity index (χ0v) is 14.7. The van der Waals surface area contributed by atoms with E-state index < -0.39 is 0 Å². The average molecular weight is 312 g/mol. The van der Waals surface area contributed by atoms with Gasteiger partial charge in [0.25, 0.3) is 0 Å². The van der Waals surface area contributed by atoms with Gasteiger partial charge in [-0.25, -0.2) is 4.98 Å². The van der Waals surface area contributed by atoms with Crippen LogP contribution in [0.2, 0.25) is 0 Å². The van der Waals surface area contributed by atoms with Gasteiger partial charge in [-0.05, 0) is 58.2 Å². The van der Waals surface area contributed by atoms with Crippen LogP contribution in [0.5, 0.6) is 11.6 Å². The Hall–Kier alpha value is -2.36. The standard InChI is InChI=1S/C19H24N2O2/c1-7-17(21-22)16-10-14(5)20-19(15(16)6)23-18-12(3)8-11(2)9-13(18)4/h8-10,22H,7H2,1-6H3/b21-17+. The van der Waals surface area contributed by atoms with Gasteiger partial charge in [0.1, 0.15) is 5.75 Å². The molecule has 122 valence electrons. The highest BCUT2D eigenvalue weighted by Crippen LogP contribution is 2.32. The van der Waals surface area contributed by atoms with E-state index in [9.17, 15) is 5.21 Å². The zero-order chi connectivity index (χ0) is 17.1.